The van der Waals surface area contributed by atoms with Crippen LogP contribution < -0.4 is 5.32 Å². The van der Waals surface area contributed by atoms with E-state index in [-0.39, 0.29) is 24.5 Å². The van der Waals surface area contributed by atoms with Crippen molar-refractivity contribution in [2.75, 3.05) is 32.8 Å². The van der Waals surface area contributed by atoms with Crippen molar-refractivity contribution >= 4 is 5.91 Å². The number of nitrogens with one attached hydrogen (secondary N) is 1. The highest BCUT2D eigenvalue weighted by Crippen LogP contribution is 2.23. The van der Waals surface area contributed by atoms with Gasteiger partial charge in [0.15, 0.2) is 0 Å². The molecule has 2 rings (SSSR count). The van der Waals surface area contributed by atoms with Crippen molar-refractivity contribution in [1.82, 2.24) is 15.1 Å². The minimum atomic E-state index is -0.816. The van der Waals surface area contributed by atoms with Gasteiger partial charge in [0.25, 0.3) is 0 Å². The molecule has 0 saturated carbocycles. The molecule has 0 aromatic rings. The maximum Gasteiger partial charge on any atom is 0.235 e. The molecule has 2 heterocycles. The smallest absolute Gasteiger partial charge is 0.235 e. The van der Waals surface area contributed by atoms with Gasteiger partial charge in [-0.2, -0.15) is 5.26 Å². The number of hydrogen-bond acceptors (Lipinski definition) is 5. The van der Waals surface area contributed by atoms with E-state index >= 15 is 0 Å². The van der Waals surface area contributed by atoms with E-state index in [9.17, 15) is 15.2 Å². The lowest BCUT2D eigenvalue weighted by Gasteiger charge is -2.32. The molecule has 0 spiro atoms. The first-order valence-corrected chi connectivity index (χ1v) is 9.21. The average Bonchev–Trinajstić information content (AvgIpc) is 3.16. The summed E-state index contributed by atoms with van der Waals surface area (Å²) in [6.45, 7) is 9.16. The van der Waals surface area contributed by atoms with Crippen LogP contribution in [0.25, 0.3) is 0 Å². The third-order valence-electron chi connectivity index (χ3n) is 5.79. The Hall–Kier alpha value is -1.16. The SMILES string of the molecule is CC(C)C(C)(C#N)NC(=O)CN1CCCC1CN1CCCC1CO. The number of amides is 1. The topological polar surface area (TPSA) is 79.6 Å². The maximum atomic E-state index is 12.4. The van der Waals surface area contributed by atoms with Gasteiger partial charge in [0.2, 0.25) is 5.91 Å². The van der Waals surface area contributed by atoms with Crippen LogP contribution in [0.5, 0.6) is 0 Å². The summed E-state index contributed by atoms with van der Waals surface area (Å²) in [5.41, 5.74) is -0.816. The number of nitrogens with zero attached hydrogens (tertiary/aromatic N) is 3. The first-order valence-electron chi connectivity index (χ1n) is 9.21. The first-order chi connectivity index (χ1) is 11.4. The Morgan fingerprint density at radius 1 is 1.29 bits per heavy atom. The van der Waals surface area contributed by atoms with Crippen molar-refractivity contribution in [3.8, 4) is 6.07 Å². The van der Waals surface area contributed by atoms with Crippen LogP contribution in [0.4, 0.5) is 0 Å². The standard InChI is InChI=1S/C18H32N4O2/c1-14(2)18(3,13-19)20-17(24)11-22-9-4-6-15(22)10-21-8-5-7-16(21)12-23/h14-16,23H,4-12H2,1-3H3,(H,20,24). The zero-order valence-corrected chi connectivity index (χ0v) is 15.3. The van der Waals surface area contributed by atoms with Gasteiger partial charge in [-0.15, -0.1) is 0 Å². The summed E-state index contributed by atoms with van der Waals surface area (Å²) < 4.78 is 0. The van der Waals surface area contributed by atoms with Gasteiger partial charge in [-0.3, -0.25) is 14.6 Å². The van der Waals surface area contributed by atoms with E-state index in [0.717, 1.165) is 45.3 Å². The molecule has 0 aliphatic carbocycles. The quantitative estimate of drug-likeness (QED) is 0.724. The van der Waals surface area contributed by atoms with Crippen LogP contribution in [0.2, 0.25) is 0 Å². The molecule has 136 valence electrons. The number of carbonyl (C=O) groups is 1. The van der Waals surface area contributed by atoms with Crippen LogP contribution in [0.3, 0.4) is 0 Å². The molecule has 3 unspecified atom stereocenters. The molecule has 2 fully saturated rings. The Kier molecular flexibility index (Phi) is 6.62. The van der Waals surface area contributed by atoms with E-state index in [2.05, 4.69) is 21.2 Å². The summed E-state index contributed by atoms with van der Waals surface area (Å²) in [5, 5.41) is 21.7. The molecule has 6 heteroatoms. The van der Waals surface area contributed by atoms with E-state index < -0.39 is 5.54 Å². The van der Waals surface area contributed by atoms with Crippen LogP contribution in [0.1, 0.15) is 46.5 Å². The number of carbonyl (C=O) groups excluding carboxylic acids is 1. The molecule has 24 heavy (non-hydrogen) atoms. The van der Waals surface area contributed by atoms with E-state index in [1.54, 1.807) is 6.92 Å². The fourth-order valence-corrected chi connectivity index (χ4v) is 3.74. The zero-order valence-electron chi connectivity index (χ0n) is 15.3. The first kappa shape index (κ1) is 19.2. The molecule has 1 amide bonds. The van der Waals surface area contributed by atoms with Gasteiger partial charge in [-0.05, 0) is 51.6 Å². The van der Waals surface area contributed by atoms with Gasteiger partial charge in [0, 0.05) is 18.6 Å². The van der Waals surface area contributed by atoms with E-state index in [1.165, 1.54) is 0 Å². The number of aliphatic hydroxyl groups is 1. The summed E-state index contributed by atoms with van der Waals surface area (Å²) in [6.07, 6.45) is 4.42. The van der Waals surface area contributed by atoms with E-state index in [1.807, 2.05) is 13.8 Å². The molecule has 2 saturated heterocycles. The Morgan fingerprint density at radius 2 is 1.92 bits per heavy atom. The minimum absolute atomic E-state index is 0.0655. The maximum absolute atomic E-state index is 12.4. The van der Waals surface area contributed by atoms with Gasteiger partial charge in [0.1, 0.15) is 5.54 Å². The summed E-state index contributed by atoms with van der Waals surface area (Å²) in [4.78, 5) is 17.0. The van der Waals surface area contributed by atoms with E-state index in [4.69, 9.17) is 0 Å². The highest BCUT2D eigenvalue weighted by Gasteiger charge is 2.34. The van der Waals surface area contributed by atoms with Crippen molar-refractivity contribution in [3.05, 3.63) is 0 Å². The second-order valence-electron chi connectivity index (χ2n) is 7.76. The molecule has 0 bridgehead atoms. The average molecular weight is 336 g/mol. The van der Waals surface area contributed by atoms with Gasteiger partial charge < -0.3 is 10.4 Å². The minimum Gasteiger partial charge on any atom is -0.395 e. The predicted molar refractivity (Wildman–Crippen MR) is 93.3 cm³/mol. The van der Waals surface area contributed by atoms with Crippen molar-refractivity contribution < 1.29 is 9.90 Å². The van der Waals surface area contributed by atoms with Crippen LogP contribution in [-0.4, -0.2) is 71.2 Å². The second-order valence-corrected chi connectivity index (χ2v) is 7.76. The number of likely N-dealkylation sites (tertiary alicyclic amines) is 2. The lowest BCUT2D eigenvalue weighted by molar-refractivity contribution is -0.124. The molecule has 2 aliphatic rings. The fraction of sp³-hybridized carbons (Fsp3) is 0.889. The Balaban J connectivity index is 1.89. The molecule has 2 aliphatic heterocycles. The number of aliphatic hydroxyl groups excluding tert-OH is 1. The van der Waals surface area contributed by atoms with Gasteiger partial charge in [0.05, 0.1) is 19.2 Å². The molecular weight excluding hydrogens is 304 g/mol. The van der Waals surface area contributed by atoms with Crippen LogP contribution in [0, 0.1) is 17.2 Å². The molecule has 0 aromatic carbocycles. The number of hydrogen-bond donors (Lipinski definition) is 2. The van der Waals surface area contributed by atoms with Gasteiger partial charge in [-0.1, -0.05) is 13.8 Å². The number of nitriles is 1. The monoisotopic (exact) mass is 336 g/mol. The summed E-state index contributed by atoms with van der Waals surface area (Å²) >= 11 is 0. The van der Waals surface area contributed by atoms with Crippen molar-refractivity contribution in [2.45, 2.75) is 64.1 Å². The fourth-order valence-electron chi connectivity index (χ4n) is 3.74. The predicted octanol–water partition coefficient (Wildman–Crippen LogP) is 0.962. The Morgan fingerprint density at radius 3 is 2.50 bits per heavy atom. The Bertz CT molecular complexity index is 476. The lowest BCUT2D eigenvalue weighted by Crippen LogP contribution is -2.53. The summed E-state index contributed by atoms with van der Waals surface area (Å²) in [7, 11) is 0. The molecule has 2 N–H and O–H groups in total. The molecule has 6 nitrogen and oxygen atoms in total. The largest absolute Gasteiger partial charge is 0.395 e. The highest BCUT2D eigenvalue weighted by atomic mass is 16.3. The molecule has 3 atom stereocenters. The highest BCUT2D eigenvalue weighted by molar-refractivity contribution is 5.79. The third kappa shape index (κ3) is 4.47. The second kappa shape index (κ2) is 8.28. The molecular formula is C18H32N4O2. The molecule has 0 radical (unpaired) electrons. The normalized spacial score (nSPS) is 28.0. The lowest BCUT2D eigenvalue weighted by atomic mass is 9.90. The van der Waals surface area contributed by atoms with E-state index in [0.29, 0.717) is 12.6 Å². The third-order valence-corrected chi connectivity index (χ3v) is 5.79. The van der Waals surface area contributed by atoms with Crippen LogP contribution in [-0.2, 0) is 4.79 Å². The van der Waals surface area contributed by atoms with Crippen LogP contribution in [0.15, 0.2) is 0 Å². The molecule has 0 aromatic heterocycles. The Labute approximate surface area is 145 Å². The van der Waals surface area contributed by atoms with Crippen molar-refractivity contribution in [1.29, 1.82) is 5.26 Å². The summed E-state index contributed by atoms with van der Waals surface area (Å²) in [6, 6.07) is 2.88. The number of rotatable bonds is 7. The summed E-state index contributed by atoms with van der Waals surface area (Å²) in [5.74, 6) is -0.00415. The zero-order chi connectivity index (χ0) is 17.7. The van der Waals surface area contributed by atoms with Crippen molar-refractivity contribution in [3.63, 3.8) is 0 Å². The van der Waals surface area contributed by atoms with Gasteiger partial charge in [-0.25, -0.2) is 0 Å². The van der Waals surface area contributed by atoms with Gasteiger partial charge >= 0.3 is 0 Å². The van der Waals surface area contributed by atoms with Crippen molar-refractivity contribution in [2.24, 2.45) is 5.92 Å². The van der Waals surface area contributed by atoms with Crippen LogP contribution >= 0.6 is 0 Å².